The zero-order chi connectivity index (χ0) is 19.2. The Labute approximate surface area is 161 Å². The highest BCUT2D eigenvalue weighted by atomic mass is 16.5. The lowest BCUT2D eigenvalue weighted by Crippen LogP contribution is -2.40. The molecule has 0 saturated carbocycles. The summed E-state index contributed by atoms with van der Waals surface area (Å²) < 4.78 is 5.47. The van der Waals surface area contributed by atoms with Crippen molar-refractivity contribution in [2.24, 2.45) is 0 Å². The van der Waals surface area contributed by atoms with Crippen LogP contribution < -0.4 is 10.2 Å². The molecule has 1 atom stereocenters. The second-order valence-electron chi connectivity index (χ2n) is 7.17. The lowest BCUT2D eigenvalue weighted by molar-refractivity contribution is -0.120. The van der Waals surface area contributed by atoms with Gasteiger partial charge in [0.15, 0.2) is 0 Å². The summed E-state index contributed by atoms with van der Waals surface area (Å²) in [4.78, 5) is 17.1. The number of carbonyl (C=O) groups excluding carboxylic acids is 1. The summed E-state index contributed by atoms with van der Waals surface area (Å²) in [6.07, 6.45) is 0. The molecule has 1 amide bonds. The van der Waals surface area contributed by atoms with Crippen LogP contribution in [-0.2, 0) is 16.1 Å². The van der Waals surface area contributed by atoms with Gasteiger partial charge in [-0.25, -0.2) is 0 Å². The Morgan fingerprint density at radius 1 is 1.15 bits per heavy atom. The van der Waals surface area contributed by atoms with E-state index in [4.69, 9.17) is 4.74 Å². The van der Waals surface area contributed by atoms with Crippen molar-refractivity contribution in [1.29, 1.82) is 0 Å². The van der Waals surface area contributed by atoms with Crippen molar-refractivity contribution in [3.05, 3.63) is 59.7 Å². The Morgan fingerprint density at radius 2 is 1.81 bits per heavy atom. The van der Waals surface area contributed by atoms with Gasteiger partial charge in [0, 0.05) is 31.0 Å². The minimum Gasteiger partial charge on any atom is -0.378 e. The molecule has 5 heteroatoms. The van der Waals surface area contributed by atoms with Gasteiger partial charge in [-0.1, -0.05) is 35.9 Å². The molecule has 144 valence electrons. The van der Waals surface area contributed by atoms with Crippen molar-refractivity contribution in [3.63, 3.8) is 0 Å². The van der Waals surface area contributed by atoms with E-state index in [1.807, 2.05) is 45.2 Å². The molecule has 0 spiro atoms. The minimum atomic E-state index is -0.232. The maximum Gasteiger partial charge on any atom is 0.241 e. The second-order valence-corrected chi connectivity index (χ2v) is 7.17. The van der Waals surface area contributed by atoms with Crippen LogP contribution in [0.15, 0.2) is 48.5 Å². The second kappa shape index (κ2) is 9.02. The number of morpholine rings is 1. The molecule has 3 rings (SSSR count). The largest absolute Gasteiger partial charge is 0.378 e. The van der Waals surface area contributed by atoms with Crippen molar-refractivity contribution in [3.8, 4) is 0 Å². The zero-order valence-corrected chi connectivity index (χ0v) is 16.4. The van der Waals surface area contributed by atoms with E-state index in [0.29, 0.717) is 0 Å². The van der Waals surface area contributed by atoms with E-state index in [-0.39, 0.29) is 11.9 Å². The summed E-state index contributed by atoms with van der Waals surface area (Å²) in [5, 5.41) is 3.01. The number of nitrogens with zero attached hydrogens (tertiary/aromatic N) is 2. The average Bonchev–Trinajstić information content (AvgIpc) is 2.70. The lowest BCUT2D eigenvalue weighted by Gasteiger charge is -2.32. The first-order valence-corrected chi connectivity index (χ1v) is 9.53. The predicted molar refractivity (Wildman–Crippen MR) is 110 cm³/mol. The number of benzene rings is 2. The minimum absolute atomic E-state index is 0.00482. The maximum absolute atomic E-state index is 12.6. The van der Waals surface area contributed by atoms with Crippen LogP contribution >= 0.6 is 0 Å². The van der Waals surface area contributed by atoms with Crippen molar-refractivity contribution in [2.75, 3.05) is 43.6 Å². The van der Waals surface area contributed by atoms with E-state index in [1.54, 1.807) is 0 Å². The molecule has 0 aromatic heterocycles. The van der Waals surface area contributed by atoms with Gasteiger partial charge in [0.05, 0.1) is 19.3 Å². The summed E-state index contributed by atoms with van der Waals surface area (Å²) in [6, 6.07) is 16.1. The van der Waals surface area contributed by atoms with Crippen molar-refractivity contribution in [2.45, 2.75) is 26.4 Å². The first kappa shape index (κ1) is 19.4. The molecule has 5 nitrogen and oxygen atoms in total. The number of aryl methyl sites for hydroxylation is 1. The van der Waals surface area contributed by atoms with E-state index >= 15 is 0 Å². The maximum atomic E-state index is 12.6. The third kappa shape index (κ3) is 5.08. The third-order valence-electron chi connectivity index (χ3n) is 5.12. The Balaban J connectivity index is 1.64. The highest BCUT2D eigenvalue weighted by Gasteiger charge is 2.21. The molecular formula is C22H29N3O2. The molecular weight excluding hydrogens is 338 g/mol. The van der Waals surface area contributed by atoms with E-state index < -0.39 is 0 Å². The smallest absolute Gasteiger partial charge is 0.241 e. The summed E-state index contributed by atoms with van der Waals surface area (Å²) in [7, 11) is 2.00. The lowest BCUT2D eigenvalue weighted by atomic mass is 10.1. The molecule has 0 unspecified atom stereocenters. The van der Waals surface area contributed by atoms with Gasteiger partial charge >= 0.3 is 0 Å². The molecule has 2 aromatic rings. The van der Waals surface area contributed by atoms with Gasteiger partial charge in [-0.3, -0.25) is 9.69 Å². The van der Waals surface area contributed by atoms with Crippen LogP contribution in [0.4, 0.5) is 11.4 Å². The normalized spacial score (nSPS) is 15.6. The van der Waals surface area contributed by atoms with Gasteiger partial charge in [0.25, 0.3) is 0 Å². The van der Waals surface area contributed by atoms with Gasteiger partial charge in [0.1, 0.15) is 0 Å². The number of carbonyl (C=O) groups is 1. The fraction of sp³-hybridized carbons (Fsp3) is 0.409. The quantitative estimate of drug-likeness (QED) is 0.851. The van der Waals surface area contributed by atoms with Crippen molar-refractivity contribution in [1.82, 2.24) is 4.90 Å². The van der Waals surface area contributed by atoms with Gasteiger partial charge in [-0.2, -0.15) is 0 Å². The standard InChI is InChI=1S/C22H29N3O2/c1-17-8-10-20(11-9-17)23-22(26)18(2)24(3)16-19-6-4-5-7-21(19)25-12-14-27-15-13-25/h4-11,18H,12-16H2,1-3H3,(H,23,26)/t18-/m0/s1. The molecule has 0 radical (unpaired) electrons. The Kier molecular flexibility index (Phi) is 6.48. The fourth-order valence-corrected chi connectivity index (χ4v) is 3.25. The van der Waals surface area contributed by atoms with Gasteiger partial charge in [0.2, 0.25) is 5.91 Å². The first-order chi connectivity index (χ1) is 13.0. The van der Waals surface area contributed by atoms with Crippen molar-refractivity contribution >= 4 is 17.3 Å². The van der Waals surface area contributed by atoms with E-state index in [9.17, 15) is 4.79 Å². The van der Waals surface area contributed by atoms with Crippen LogP contribution in [-0.4, -0.2) is 50.2 Å². The van der Waals surface area contributed by atoms with E-state index in [2.05, 4.69) is 39.4 Å². The monoisotopic (exact) mass is 367 g/mol. The van der Waals surface area contributed by atoms with Gasteiger partial charge in [-0.15, -0.1) is 0 Å². The van der Waals surface area contributed by atoms with E-state index in [1.165, 1.54) is 16.8 Å². The zero-order valence-electron chi connectivity index (χ0n) is 16.4. The Hall–Kier alpha value is -2.37. The van der Waals surface area contributed by atoms with Gasteiger partial charge < -0.3 is 15.0 Å². The van der Waals surface area contributed by atoms with Crippen LogP contribution in [0.5, 0.6) is 0 Å². The number of nitrogens with one attached hydrogen (secondary N) is 1. The molecule has 2 aromatic carbocycles. The number of likely N-dealkylation sites (N-methyl/N-ethyl adjacent to an activating group) is 1. The molecule has 1 heterocycles. The Bertz CT molecular complexity index is 754. The number of ether oxygens (including phenoxy) is 1. The Morgan fingerprint density at radius 3 is 2.52 bits per heavy atom. The SMILES string of the molecule is Cc1ccc(NC(=O)[C@H](C)N(C)Cc2ccccc2N2CCOCC2)cc1. The number of rotatable bonds is 6. The molecule has 0 bridgehead atoms. The molecule has 1 fully saturated rings. The topological polar surface area (TPSA) is 44.8 Å². The predicted octanol–water partition coefficient (Wildman–Crippen LogP) is 3.29. The number of hydrogen-bond donors (Lipinski definition) is 1. The summed E-state index contributed by atoms with van der Waals surface area (Å²) in [5.74, 6) is 0.00482. The van der Waals surface area contributed by atoms with Crippen molar-refractivity contribution < 1.29 is 9.53 Å². The number of amides is 1. The summed E-state index contributed by atoms with van der Waals surface area (Å²) >= 11 is 0. The van der Waals surface area contributed by atoms with Crippen LogP contribution in [0.1, 0.15) is 18.1 Å². The molecule has 0 aliphatic carbocycles. The number of anilines is 2. The molecule has 1 aliphatic rings. The summed E-state index contributed by atoms with van der Waals surface area (Å²) in [6.45, 7) is 8.04. The number of hydrogen-bond acceptors (Lipinski definition) is 4. The molecule has 27 heavy (non-hydrogen) atoms. The van der Waals surface area contributed by atoms with Crippen LogP contribution in [0.2, 0.25) is 0 Å². The third-order valence-corrected chi connectivity index (χ3v) is 5.12. The van der Waals surface area contributed by atoms with Crippen LogP contribution in [0.25, 0.3) is 0 Å². The fourth-order valence-electron chi connectivity index (χ4n) is 3.25. The first-order valence-electron chi connectivity index (χ1n) is 9.53. The van der Waals surface area contributed by atoms with Crippen LogP contribution in [0, 0.1) is 6.92 Å². The summed E-state index contributed by atoms with van der Waals surface area (Å²) in [5.41, 5.74) is 4.48. The molecule has 1 aliphatic heterocycles. The highest BCUT2D eigenvalue weighted by molar-refractivity contribution is 5.94. The van der Waals surface area contributed by atoms with Crippen LogP contribution in [0.3, 0.4) is 0 Å². The van der Waals surface area contributed by atoms with Gasteiger partial charge in [-0.05, 0) is 44.7 Å². The highest BCUT2D eigenvalue weighted by Crippen LogP contribution is 2.23. The average molecular weight is 367 g/mol. The number of para-hydroxylation sites is 1. The van der Waals surface area contributed by atoms with E-state index in [0.717, 1.165) is 38.5 Å². The molecule has 1 N–H and O–H groups in total. The molecule has 1 saturated heterocycles.